The Balaban J connectivity index is 0.000000205. The third-order valence-corrected chi connectivity index (χ3v) is 56.4. The zero-order valence-corrected chi connectivity index (χ0v) is 105. The summed E-state index contributed by atoms with van der Waals surface area (Å²) in [5.41, 5.74) is 12.7. The van der Waals surface area contributed by atoms with Crippen molar-refractivity contribution in [2.75, 3.05) is 26.4 Å². The zero-order chi connectivity index (χ0) is 102. The minimum absolute atomic E-state index is 0.0848. The van der Waals surface area contributed by atoms with Crippen molar-refractivity contribution in [1.29, 1.82) is 0 Å². The number of carbonyl (C=O) groups is 2. The molecule has 10 nitrogen and oxygen atoms in total. The Labute approximate surface area is 924 Å². The second-order valence-electron chi connectivity index (χ2n) is 39.8. The van der Waals surface area contributed by atoms with E-state index in [2.05, 4.69) is 301 Å². The van der Waals surface area contributed by atoms with Gasteiger partial charge in [-0.3, -0.25) is 9.59 Å². The number of rotatable bonds is 53. The molecule has 2 unspecified atom stereocenters. The number of hydrogen-bond acceptors (Lipinski definition) is 17. The maximum atomic E-state index is 13.8. The van der Waals surface area contributed by atoms with Gasteiger partial charge >= 0.3 is 95.6 Å². The average Bonchev–Trinajstić information content (AvgIpc) is 1.73. The van der Waals surface area contributed by atoms with Crippen LogP contribution < -0.4 is 24.7 Å². The summed E-state index contributed by atoms with van der Waals surface area (Å²) >= 11 is 23.5. The van der Waals surface area contributed by atoms with E-state index in [0.717, 1.165) is 228 Å². The molecule has 0 radical (unpaired) electrons. The summed E-state index contributed by atoms with van der Waals surface area (Å²) in [5.74, 6) is 4.31. The molecule has 143 heavy (non-hydrogen) atoms. The molecule has 0 aliphatic rings. The number of ketones is 2. The summed E-state index contributed by atoms with van der Waals surface area (Å²) in [6.07, 6.45) is 37.8. The normalized spacial score (nSPS) is 12.1. The molecule has 6 aromatic carbocycles. The molecule has 9 aromatic heterocycles. The zero-order valence-electron chi connectivity index (χ0n) is 87.4. The van der Waals surface area contributed by atoms with Gasteiger partial charge in [0.1, 0.15) is 34.0 Å². The number of hydrogen-bond donors (Lipinski definition) is 0. The number of Topliss-reactive ketones (excluding diaryl/α,β-unsaturated/α-hetero) is 2. The Morgan fingerprint density at radius 1 is 0.322 bits per heavy atom. The van der Waals surface area contributed by atoms with Crippen molar-refractivity contribution in [3.8, 4) is 98.7 Å². The fraction of sp³-hybridized carbons (Fsp3) is 0.450. The third kappa shape index (κ3) is 33.5. The van der Waals surface area contributed by atoms with Crippen molar-refractivity contribution < 1.29 is 28.5 Å². The van der Waals surface area contributed by atoms with Gasteiger partial charge in [-0.1, -0.05) is 270 Å². The van der Waals surface area contributed by atoms with Crippen LogP contribution in [0.3, 0.4) is 0 Å². The SMILES string of the molecule is CCCCC(CC)C(=O)c1cc2c(Br)sc(Br)c2s1.CCCCCCCCOc1cccc(-c2nc3c(-c4ccc(C)s4)ccc(-c4ccc(-c5sc(C)c6cc(C(=O)C(CC)CCCC)sc56)s4)c3nc2-c2cccc(OCCCCCCCC)c2)c1.CCCCCCCCOc1cccc(-c2nc3c(Br)ccc(Br)c3nc2-c2cccc(OCCCCCCCC)c2)c1.[CH3][Sn]([CH3])([CH3])[c]1cc[c]([Sn]([CH3])([CH3])[CH3])s1. The quantitative estimate of drug-likeness (QED) is 0.0207. The molecule has 0 amide bonds. The second kappa shape index (κ2) is 59.3. The monoisotopic (exact) mass is 2520 g/mol. The van der Waals surface area contributed by atoms with Gasteiger partial charge in [0.25, 0.3) is 0 Å². The second-order valence-corrected chi connectivity index (χ2v) is 82.8. The van der Waals surface area contributed by atoms with Gasteiger partial charge in [0.05, 0.1) is 91.8 Å². The molecule has 15 rings (SSSR count). The number of aromatic nitrogens is 4. The van der Waals surface area contributed by atoms with Gasteiger partial charge in [0.2, 0.25) is 0 Å². The summed E-state index contributed by atoms with van der Waals surface area (Å²) < 4.78 is 35.1. The Bertz CT molecular complexity index is 6380. The Morgan fingerprint density at radius 2 is 0.664 bits per heavy atom. The van der Waals surface area contributed by atoms with Crippen LogP contribution in [0.4, 0.5) is 0 Å². The van der Waals surface area contributed by atoms with Crippen LogP contribution in [-0.2, 0) is 0 Å². The van der Waals surface area contributed by atoms with Gasteiger partial charge in [-0.2, -0.15) is 0 Å². The fourth-order valence-corrected chi connectivity index (χ4v) is 41.7. The number of ether oxygens (including phenoxy) is 4. The number of halogens is 4. The topological polar surface area (TPSA) is 123 Å². The van der Waals surface area contributed by atoms with Crippen LogP contribution in [0.15, 0.2) is 186 Å². The summed E-state index contributed by atoms with van der Waals surface area (Å²) in [7, 11) is 0. The number of thiophene rings is 7. The molecule has 0 fully saturated rings. The molecule has 9 heterocycles. The van der Waals surface area contributed by atoms with Gasteiger partial charge in [0, 0.05) is 89.3 Å². The first-order valence-electron chi connectivity index (χ1n) is 52.9. The Kier molecular flexibility index (Phi) is 48.2. The standard InChI is InChI=1S/C60H70N2O3S4.C36H44Br2N2O2.C14H16Br2OS2.C4H2S.6CH3.2Sn/c1-7-11-14-16-18-20-35-64-45-27-22-25-43(37-45)54-55(44-26-23-28-46(38-44)65-36-21-19-17-15-12-8-2)62-57-48(31-30-47(56(57)61-54)50-32-29-40(5)66-50)51-33-34-52(68-51)60-59-49(41(6)67-60)39-53(69-59)58(63)42(10-4)24-13-9-3;1-3-5-7-9-11-13-23-41-29-19-15-17-27(25-29)33-34(40-36-32(38)22-21-31(37)35(36)39-33)28-18-16-20-30(26-28)42-24-14-12-10-8-6-4-2;1-3-5-6-8(4-2)11(17)10-7-9-12(18-10)14(16)19-13(9)15;1-2-4-5-3-1;;;;;;;;/h22-23,25-34,37-39,42H,7-21,24,35-36H2,1-6H3;15-22,25-26H,3-14,23-24H2,1-2H3;7-8H,3-6H2,1-2H3;1-2H;6*1H3;;. The molecule has 0 bridgehead atoms. The van der Waals surface area contributed by atoms with Crippen molar-refractivity contribution in [2.45, 2.75) is 304 Å². The van der Waals surface area contributed by atoms with Crippen molar-refractivity contribution in [2.24, 2.45) is 11.8 Å². The van der Waals surface area contributed by atoms with Crippen molar-refractivity contribution in [1.82, 2.24) is 19.9 Å². The van der Waals surface area contributed by atoms with E-state index in [-0.39, 0.29) is 11.8 Å². The Hall–Kier alpha value is -5.52. The molecule has 0 aliphatic carbocycles. The third-order valence-electron chi connectivity index (χ3n) is 26.1. The average molecular weight is 2530 g/mol. The first-order valence-corrected chi connectivity index (χ1v) is 81.8. The van der Waals surface area contributed by atoms with Crippen LogP contribution in [-0.4, -0.2) is 94.7 Å². The predicted molar refractivity (Wildman–Crippen MR) is 647 cm³/mol. The van der Waals surface area contributed by atoms with E-state index < -0.39 is 36.8 Å². The molecule has 2 atom stereocenters. The number of fused-ring (bicyclic) bond motifs is 4. The first-order chi connectivity index (χ1) is 69.2. The summed E-state index contributed by atoms with van der Waals surface area (Å²) in [4.78, 5) is 72.2. The van der Waals surface area contributed by atoms with Crippen molar-refractivity contribution in [3.05, 3.63) is 206 Å². The van der Waals surface area contributed by atoms with Gasteiger partial charge in [0.15, 0.2) is 11.6 Å². The Morgan fingerprint density at radius 3 is 1.01 bits per heavy atom. The van der Waals surface area contributed by atoms with Crippen LogP contribution >= 0.6 is 143 Å². The van der Waals surface area contributed by atoms with Crippen LogP contribution in [0, 0.1) is 25.7 Å². The van der Waals surface area contributed by atoms with Gasteiger partial charge < -0.3 is 18.9 Å². The minimum atomic E-state index is -1.74. The van der Waals surface area contributed by atoms with Crippen molar-refractivity contribution >= 4 is 239 Å². The molecule has 0 spiro atoms. The van der Waals surface area contributed by atoms with Crippen LogP contribution in [0.1, 0.15) is 290 Å². The van der Waals surface area contributed by atoms with E-state index >= 15 is 0 Å². The summed E-state index contributed by atoms with van der Waals surface area (Å²) in [6.45, 7) is 24.8. The number of carbonyl (C=O) groups excluding carboxylic acids is 2. The molecule has 0 saturated carbocycles. The molecule has 0 N–H and O–H groups in total. The van der Waals surface area contributed by atoms with Crippen molar-refractivity contribution in [3.63, 3.8) is 0 Å². The maximum absolute atomic E-state index is 13.8. The fourth-order valence-electron chi connectivity index (χ4n) is 17.6. The van der Waals surface area contributed by atoms with E-state index in [9.17, 15) is 9.59 Å². The van der Waals surface area contributed by atoms with Gasteiger partial charge in [-0.15, -0.1) is 68.0 Å². The van der Waals surface area contributed by atoms with E-state index in [4.69, 9.17) is 38.9 Å². The van der Waals surface area contributed by atoms with E-state index in [1.54, 1.807) is 62.5 Å². The molecule has 15 aromatic rings. The molecule has 764 valence electrons. The number of benzene rings is 6. The molecule has 0 aliphatic heterocycles. The van der Waals surface area contributed by atoms with Gasteiger partial charge in [-0.25, -0.2) is 19.9 Å². The molecular formula is C120H150Br4N4O6S7Sn2. The number of aryl methyl sites for hydroxylation is 2. The van der Waals surface area contributed by atoms with E-state index in [0.29, 0.717) is 24.8 Å². The molecule has 23 heteroatoms. The first kappa shape index (κ1) is 116. The van der Waals surface area contributed by atoms with Gasteiger partial charge in [-0.05, 0) is 226 Å². The molecule has 0 saturated heterocycles. The van der Waals surface area contributed by atoms with E-state index in [1.165, 1.54) is 168 Å². The summed E-state index contributed by atoms with van der Waals surface area (Å²) in [5, 5.41) is 2.37. The van der Waals surface area contributed by atoms with Crippen LogP contribution in [0.5, 0.6) is 23.0 Å². The summed E-state index contributed by atoms with van der Waals surface area (Å²) in [6, 6.07) is 59.8. The van der Waals surface area contributed by atoms with Crippen LogP contribution in [0.2, 0.25) is 29.6 Å². The predicted octanol–water partition coefficient (Wildman–Crippen LogP) is 41.6. The number of unbranched alkanes of at least 4 members (excludes halogenated alkanes) is 22. The number of nitrogens with zero attached hydrogens (tertiary/aromatic N) is 4. The van der Waals surface area contributed by atoms with E-state index in [1.807, 2.05) is 53.8 Å². The molecular weight excluding hydrogens is 2370 g/mol. The van der Waals surface area contributed by atoms with Crippen LogP contribution in [0.25, 0.3) is 118 Å².